The van der Waals surface area contributed by atoms with Crippen LogP contribution < -0.4 is 0 Å². The third-order valence-corrected chi connectivity index (χ3v) is 4.20. The van der Waals surface area contributed by atoms with Gasteiger partial charge in [0.05, 0.1) is 12.1 Å². The minimum absolute atomic E-state index is 0.106. The third kappa shape index (κ3) is 3.75. The second-order valence-corrected chi connectivity index (χ2v) is 6.16. The largest absolute Gasteiger partial charge is 0.480 e. The first-order chi connectivity index (χ1) is 13.2. The quantitative estimate of drug-likeness (QED) is 0.539. The molecule has 0 radical (unpaired) electrons. The van der Waals surface area contributed by atoms with Crippen molar-refractivity contribution in [2.24, 2.45) is 0 Å². The first-order valence-electron chi connectivity index (χ1n) is 8.59. The first-order valence-corrected chi connectivity index (χ1v) is 8.59. The number of carbonyl (C=O) groups is 1. The fourth-order valence-electron chi connectivity index (χ4n) is 3.01. The summed E-state index contributed by atoms with van der Waals surface area (Å²) in [5.74, 6) is 0.187. The molecule has 0 atom stereocenters. The summed E-state index contributed by atoms with van der Waals surface area (Å²) in [6.07, 6.45) is 0. The fraction of sp³-hybridized carbons (Fsp3) is 0.143. The van der Waals surface area contributed by atoms with E-state index in [4.69, 9.17) is 19.4 Å². The van der Waals surface area contributed by atoms with E-state index in [1.165, 1.54) is 5.56 Å². The predicted octanol–water partition coefficient (Wildman–Crippen LogP) is 3.95. The molecule has 2 heterocycles. The molecular weight excluding hydrogens is 344 g/mol. The molecule has 0 saturated heterocycles. The Balaban J connectivity index is 1.64. The summed E-state index contributed by atoms with van der Waals surface area (Å²) >= 11 is 0. The minimum atomic E-state index is -1.01. The van der Waals surface area contributed by atoms with Gasteiger partial charge in [0.25, 0.3) is 0 Å². The normalized spacial score (nSPS) is 11.1. The van der Waals surface area contributed by atoms with Crippen LogP contribution >= 0.6 is 0 Å². The first kappa shape index (κ1) is 17.1. The van der Waals surface area contributed by atoms with Crippen molar-refractivity contribution in [3.8, 4) is 11.5 Å². The van der Waals surface area contributed by atoms with Crippen LogP contribution in [0, 0.1) is 0 Å². The van der Waals surface area contributed by atoms with Crippen molar-refractivity contribution in [3.05, 3.63) is 78.1 Å². The van der Waals surface area contributed by atoms with E-state index in [1.54, 1.807) is 6.07 Å². The number of hydrogen-bond donors (Lipinski definition) is 1. The van der Waals surface area contributed by atoms with Crippen LogP contribution in [0.25, 0.3) is 22.4 Å². The number of furan rings is 1. The number of rotatable bonds is 7. The van der Waals surface area contributed by atoms with E-state index in [0.29, 0.717) is 18.1 Å². The molecule has 6 heteroatoms. The number of para-hydroxylation sites is 1. The summed E-state index contributed by atoms with van der Waals surface area (Å²) in [6.45, 7) is 0.413. The van der Waals surface area contributed by atoms with Gasteiger partial charge in [-0.05, 0) is 23.8 Å². The van der Waals surface area contributed by atoms with Gasteiger partial charge in [0.15, 0.2) is 5.76 Å². The average Bonchev–Trinajstić information content (AvgIpc) is 3.28. The number of fused-ring (bicyclic) bond motifs is 1. The maximum Gasteiger partial charge on any atom is 0.329 e. The van der Waals surface area contributed by atoms with Crippen molar-refractivity contribution >= 4 is 16.9 Å². The molecule has 0 unspecified atom stereocenters. The molecule has 0 aliphatic rings. The van der Waals surface area contributed by atoms with Gasteiger partial charge in [-0.25, -0.2) is 4.79 Å². The highest BCUT2D eigenvalue weighted by molar-refractivity contribution is 5.92. The molecule has 1 N–H and O–H groups in total. The second kappa shape index (κ2) is 7.47. The maximum absolute atomic E-state index is 10.5. The lowest BCUT2D eigenvalue weighted by molar-refractivity contribution is -0.142. The monoisotopic (exact) mass is 362 g/mol. The minimum Gasteiger partial charge on any atom is -0.480 e. The van der Waals surface area contributed by atoms with Crippen LogP contribution in [0.2, 0.25) is 0 Å². The zero-order valence-corrected chi connectivity index (χ0v) is 14.5. The van der Waals surface area contributed by atoms with E-state index >= 15 is 0 Å². The summed E-state index contributed by atoms with van der Waals surface area (Å²) in [7, 11) is 0. The van der Waals surface area contributed by atoms with Crippen LogP contribution in [-0.4, -0.2) is 27.5 Å². The lowest BCUT2D eigenvalue weighted by Crippen LogP contribution is -2.06. The molecule has 136 valence electrons. The van der Waals surface area contributed by atoms with Crippen molar-refractivity contribution in [1.29, 1.82) is 0 Å². The van der Waals surface area contributed by atoms with Crippen LogP contribution in [0.3, 0.4) is 0 Å². The van der Waals surface area contributed by atoms with E-state index in [2.05, 4.69) is 12.1 Å². The third-order valence-electron chi connectivity index (χ3n) is 4.20. The van der Waals surface area contributed by atoms with Crippen molar-refractivity contribution in [2.45, 2.75) is 13.2 Å². The Bertz CT molecular complexity index is 1070. The molecule has 27 heavy (non-hydrogen) atoms. The number of hydrogen-bond acceptors (Lipinski definition) is 4. The second-order valence-electron chi connectivity index (χ2n) is 6.16. The molecule has 0 fully saturated rings. The van der Waals surface area contributed by atoms with Gasteiger partial charge in [0.1, 0.15) is 24.7 Å². The average molecular weight is 362 g/mol. The molecule has 0 aliphatic carbocycles. The van der Waals surface area contributed by atoms with E-state index in [0.717, 1.165) is 16.6 Å². The summed E-state index contributed by atoms with van der Waals surface area (Å²) in [5.41, 5.74) is 2.95. The molecule has 0 amide bonds. The zero-order valence-electron chi connectivity index (χ0n) is 14.5. The smallest absolute Gasteiger partial charge is 0.329 e. The van der Waals surface area contributed by atoms with Gasteiger partial charge in [0.2, 0.25) is 0 Å². The summed E-state index contributed by atoms with van der Waals surface area (Å²) in [4.78, 5) is 10.5. The zero-order chi connectivity index (χ0) is 18.6. The molecule has 2 aromatic carbocycles. The highest BCUT2D eigenvalue weighted by atomic mass is 16.5. The topological polar surface area (TPSA) is 77.5 Å². The molecule has 4 rings (SSSR count). The number of carboxylic acid groups (broad SMARTS) is 1. The van der Waals surface area contributed by atoms with Gasteiger partial charge < -0.3 is 14.3 Å². The van der Waals surface area contributed by atoms with E-state index in [1.807, 2.05) is 53.2 Å². The Morgan fingerprint density at radius 2 is 1.81 bits per heavy atom. The van der Waals surface area contributed by atoms with Crippen LogP contribution in [0.1, 0.15) is 11.3 Å². The molecule has 6 nitrogen and oxygen atoms in total. The maximum atomic E-state index is 10.5. The Labute approximate surface area is 155 Å². The Morgan fingerprint density at radius 1 is 1.04 bits per heavy atom. The highest BCUT2D eigenvalue weighted by Crippen LogP contribution is 2.30. The van der Waals surface area contributed by atoms with Gasteiger partial charge in [-0.2, -0.15) is 5.10 Å². The highest BCUT2D eigenvalue weighted by Gasteiger charge is 2.15. The van der Waals surface area contributed by atoms with Gasteiger partial charge in [-0.1, -0.05) is 48.5 Å². The van der Waals surface area contributed by atoms with Crippen LogP contribution in [-0.2, 0) is 22.7 Å². The fourth-order valence-corrected chi connectivity index (χ4v) is 3.01. The summed E-state index contributed by atoms with van der Waals surface area (Å²) in [5, 5.41) is 14.4. The number of ether oxygens (including phenoxy) is 1. The number of benzene rings is 2. The van der Waals surface area contributed by atoms with Crippen molar-refractivity contribution in [3.63, 3.8) is 0 Å². The standard InChI is InChI=1S/C21H18N2O4/c24-20(25)14-26-13-16-10-11-19(27-16)21-17-8-4-5-9-18(17)23(22-21)12-15-6-2-1-3-7-15/h1-11H,12-14H2,(H,24,25). The predicted molar refractivity (Wildman–Crippen MR) is 100 cm³/mol. The number of carboxylic acids is 1. The van der Waals surface area contributed by atoms with Gasteiger partial charge in [0, 0.05) is 5.39 Å². The van der Waals surface area contributed by atoms with Gasteiger partial charge >= 0.3 is 5.97 Å². The summed E-state index contributed by atoms with van der Waals surface area (Å²) < 4.78 is 12.9. The molecule has 0 saturated carbocycles. The number of nitrogens with zero attached hydrogens (tertiary/aromatic N) is 2. The van der Waals surface area contributed by atoms with Gasteiger partial charge in [-0.3, -0.25) is 4.68 Å². The van der Waals surface area contributed by atoms with Gasteiger partial charge in [-0.15, -0.1) is 0 Å². The van der Waals surface area contributed by atoms with E-state index in [-0.39, 0.29) is 13.2 Å². The summed E-state index contributed by atoms with van der Waals surface area (Å²) in [6, 6.07) is 21.8. The molecule has 0 aliphatic heterocycles. The van der Waals surface area contributed by atoms with E-state index in [9.17, 15) is 4.79 Å². The number of aromatic nitrogens is 2. The Morgan fingerprint density at radius 3 is 2.63 bits per heavy atom. The van der Waals surface area contributed by atoms with Crippen molar-refractivity contribution < 1.29 is 19.1 Å². The lowest BCUT2D eigenvalue weighted by Gasteiger charge is -2.03. The number of aliphatic carboxylic acids is 1. The molecule has 2 aromatic heterocycles. The Kier molecular flexibility index (Phi) is 4.72. The van der Waals surface area contributed by atoms with Crippen LogP contribution in [0.4, 0.5) is 0 Å². The molecule has 4 aromatic rings. The molecular formula is C21H18N2O4. The van der Waals surface area contributed by atoms with E-state index < -0.39 is 5.97 Å². The molecule has 0 bridgehead atoms. The van der Waals surface area contributed by atoms with Crippen molar-refractivity contribution in [2.75, 3.05) is 6.61 Å². The Hall–Kier alpha value is -3.38. The lowest BCUT2D eigenvalue weighted by atomic mass is 10.2. The molecule has 0 spiro atoms. The van der Waals surface area contributed by atoms with Crippen LogP contribution in [0.5, 0.6) is 0 Å². The van der Waals surface area contributed by atoms with Crippen LogP contribution in [0.15, 0.2) is 71.1 Å². The van der Waals surface area contributed by atoms with Crippen molar-refractivity contribution in [1.82, 2.24) is 9.78 Å². The SMILES string of the molecule is O=C(O)COCc1ccc(-c2nn(Cc3ccccc3)c3ccccc23)o1.